The van der Waals surface area contributed by atoms with Crippen molar-refractivity contribution in [3.63, 3.8) is 0 Å². The minimum Gasteiger partial charge on any atom is -0.332 e. The Kier molecular flexibility index (Phi) is 5.85. The summed E-state index contributed by atoms with van der Waals surface area (Å²) in [7, 11) is 1.70. The number of aryl methyl sites for hydroxylation is 2. The second-order valence-electron chi connectivity index (χ2n) is 7.97. The zero-order chi connectivity index (χ0) is 23.0. The standard InChI is InChI=1S/C26H24ClN3O2/c1-16-13-14-19(15-17(16)2)30-24(28-23-12-8-6-10-21(23)26(30)32)18(3)29(4)25(31)20-9-5-7-11-22(20)27/h5-15,18H,1-4H3. The fourth-order valence-corrected chi connectivity index (χ4v) is 3.93. The summed E-state index contributed by atoms with van der Waals surface area (Å²) in [4.78, 5) is 33.2. The van der Waals surface area contributed by atoms with E-state index in [1.807, 2.05) is 57.2 Å². The van der Waals surface area contributed by atoms with Crippen molar-refractivity contribution < 1.29 is 4.79 Å². The smallest absolute Gasteiger partial charge is 0.266 e. The maximum atomic E-state index is 13.6. The number of halogens is 1. The molecule has 0 saturated heterocycles. The van der Waals surface area contributed by atoms with E-state index in [0.717, 1.165) is 16.8 Å². The number of hydrogen-bond acceptors (Lipinski definition) is 3. The van der Waals surface area contributed by atoms with Gasteiger partial charge in [0.25, 0.3) is 11.5 Å². The Bertz CT molecular complexity index is 1390. The molecule has 1 aromatic heterocycles. The first-order valence-corrected chi connectivity index (χ1v) is 10.8. The number of hydrogen-bond donors (Lipinski definition) is 0. The lowest BCUT2D eigenvalue weighted by atomic mass is 10.1. The normalized spacial score (nSPS) is 12.0. The van der Waals surface area contributed by atoms with Gasteiger partial charge in [-0.2, -0.15) is 0 Å². The number of fused-ring (bicyclic) bond motifs is 1. The molecular weight excluding hydrogens is 422 g/mol. The summed E-state index contributed by atoms with van der Waals surface area (Å²) < 4.78 is 1.61. The van der Waals surface area contributed by atoms with Gasteiger partial charge in [0.15, 0.2) is 0 Å². The van der Waals surface area contributed by atoms with Gasteiger partial charge >= 0.3 is 0 Å². The molecule has 4 aromatic rings. The summed E-state index contributed by atoms with van der Waals surface area (Å²) in [6, 6.07) is 19.6. The van der Waals surface area contributed by atoms with Crippen LogP contribution in [0.25, 0.3) is 16.6 Å². The number of nitrogens with zero attached hydrogens (tertiary/aromatic N) is 3. The van der Waals surface area contributed by atoms with Crippen LogP contribution in [0, 0.1) is 13.8 Å². The number of carbonyl (C=O) groups is 1. The molecule has 0 spiro atoms. The predicted molar refractivity (Wildman–Crippen MR) is 129 cm³/mol. The average Bonchev–Trinajstić information content (AvgIpc) is 2.80. The molecule has 4 rings (SSSR count). The van der Waals surface area contributed by atoms with Crippen LogP contribution in [-0.4, -0.2) is 27.4 Å². The van der Waals surface area contributed by atoms with E-state index in [9.17, 15) is 9.59 Å². The van der Waals surface area contributed by atoms with Crippen molar-refractivity contribution in [2.45, 2.75) is 26.8 Å². The molecule has 0 aliphatic carbocycles. The monoisotopic (exact) mass is 445 g/mol. The fraction of sp³-hybridized carbons (Fsp3) is 0.192. The van der Waals surface area contributed by atoms with E-state index in [2.05, 4.69) is 0 Å². The van der Waals surface area contributed by atoms with E-state index in [1.54, 1.807) is 46.8 Å². The lowest BCUT2D eigenvalue weighted by Gasteiger charge is -2.27. The summed E-state index contributed by atoms with van der Waals surface area (Å²) in [5.41, 5.74) is 3.76. The molecule has 1 atom stereocenters. The maximum absolute atomic E-state index is 13.6. The van der Waals surface area contributed by atoms with Gasteiger partial charge in [-0.05, 0) is 68.3 Å². The van der Waals surface area contributed by atoms with Crippen molar-refractivity contribution in [1.29, 1.82) is 0 Å². The topological polar surface area (TPSA) is 55.2 Å². The van der Waals surface area contributed by atoms with Crippen LogP contribution in [0.1, 0.15) is 40.3 Å². The molecule has 32 heavy (non-hydrogen) atoms. The van der Waals surface area contributed by atoms with E-state index in [1.165, 1.54) is 0 Å². The fourth-order valence-electron chi connectivity index (χ4n) is 3.72. The molecule has 0 saturated carbocycles. The Hall–Kier alpha value is -3.44. The highest BCUT2D eigenvalue weighted by Crippen LogP contribution is 2.26. The number of amides is 1. The van der Waals surface area contributed by atoms with Gasteiger partial charge < -0.3 is 4.90 Å². The van der Waals surface area contributed by atoms with Crippen LogP contribution in [0.5, 0.6) is 0 Å². The van der Waals surface area contributed by atoms with E-state index in [4.69, 9.17) is 16.6 Å². The summed E-state index contributed by atoms with van der Waals surface area (Å²) in [6.45, 7) is 5.90. The molecule has 1 amide bonds. The van der Waals surface area contributed by atoms with Crippen molar-refractivity contribution in [3.8, 4) is 5.69 Å². The van der Waals surface area contributed by atoms with E-state index in [0.29, 0.717) is 27.3 Å². The number of carbonyl (C=O) groups excluding carboxylic acids is 1. The highest BCUT2D eigenvalue weighted by atomic mass is 35.5. The summed E-state index contributed by atoms with van der Waals surface area (Å²) in [6.07, 6.45) is 0. The van der Waals surface area contributed by atoms with Crippen LogP contribution in [0.2, 0.25) is 5.02 Å². The molecule has 0 aliphatic rings. The van der Waals surface area contributed by atoms with Crippen LogP contribution in [-0.2, 0) is 0 Å². The molecule has 6 heteroatoms. The van der Waals surface area contributed by atoms with Gasteiger partial charge in [-0.3, -0.25) is 14.2 Å². The Labute approximate surface area is 191 Å². The Morgan fingerprint density at radius 3 is 2.41 bits per heavy atom. The summed E-state index contributed by atoms with van der Waals surface area (Å²) in [5, 5.41) is 0.913. The second-order valence-corrected chi connectivity index (χ2v) is 8.38. The van der Waals surface area contributed by atoms with Crippen LogP contribution in [0.4, 0.5) is 0 Å². The summed E-state index contributed by atoms with van der Waals surface area (Å²) in [5.74, 6) is 0.247. The molecule has 162 valence electrons. The van der Waals surface area contributed by atoms with Gasteiger partial charge in [0.2, 0.25) is 0 Å². The molecule has 1 unspecified atom stereocenters. The first kappa shape index (κ1) is 21.8. The first-order chi connectivity index (χ1) is 15.3. The third kappa shape index (κ3) is 3.80. The zero-order valence-electron chi connectivity index (χ0n) is 18.5. The van der Waals surface area contributed by atoms with Crippen molar-refractivity contribution in [1.82, 2.24) is 14.5 Å². The van der Waals surface area contributed by atoms with Crippen molar-refractivity contribution in [3.05, 3.63) is 105 Å². The van der Waals surface area contributed by atoms with Gasteiger partial charge in [0.05, 0.1) is 33.2 Å². The molecule has 1 heterocycles. The van der Waals surface area contributed by atoms with Crippen LogP contribution in [0.3, 0.4) is 0 Å². The molecular formula is C26H24ClN3O2. The third-order valence-electron chi connectivity index (χ3n) is 5.93. The number of aromatic nitrogens is 2. The number of benzene rings is 3. The third-order valence-corrected chi connectivity index (χ3v) is 6.26. The highest BCUT2D eigenvalue weighted by Gasteiger charge is 2.26. The number of para-hydroxylation sites is 1. The van der Waals surface area contributed by atoms with Gasteiger partial charge in [0.1, 0.15) is 5.82 Å². The SMILES string of the molecule is Cc1ccc(-n2c(C(C)N(C)C(=O)c3ccccc3Cl)nc3ccccc3c2=O)cc1C. The van der Waals surface area contributed by atoms with Crippen molar-refractivity contribution in [2.75, 3.05) is 7.05 Å². The maximum Gasteiger partial charge on any atom is 0.266 e. The Morgan fingerprint density at radius 2 is 1.69 bits per heavy atom. The van der Waals surface area contributed by atoms with Crippen LogP contribution in [0.15, 0.2) is 71.5 Å². The average molecular weight is 446 g/mol. The van der Waals surface area contributed by atoms with E-state index < -0.39 is 6.04 Å². The van der Waals surface area contributed by atoms with Crippen LogP contribution < -0.4 is 5.56 Å². The molecule has 0 fully saturated rings. The summed E-state index contributed by atoms with van der Waals surface area (Å²) >= 11 is 6.26. The van der Waals surface area contributed by atoms with Crippen LogP contribution >= 0.6 is 11.6 Å². The molecule has 5 nitrogen and oxygen atoms in total. The Morgan fingerprint density at radius 1 is 1.00 bits per heavy atom. The molecule has 0 aliphatic heterocycles. The number of rotatable bonds is 4. The minimum absolute atomic E-state index is 0.167. The van der Waals surface area contributed by atoms with E-state index >= 15 is 0 Å². The lowest BCUT2D eigenvalue weighted by Crippen LogP contribution is -2.35. The molecule has 0 N–H and O–H groups in total. The molecule has 0 radical (unpaired) electrons. The van der Waals surface area contributed by atoms with Gasteiger partial charge in [-0.1, -0.05) is 41.9 Å². The van der Waals surface area contributed by atoms with Gasteiger partial charge in [0, 0.05) is 7.05 Å². The van der Waals surface area contributed by atoms with E-state index in [-0.39, 0.29) is 11.5 Å². The lowest BCUT2D eigenvalue weighted by molar-refractivity contribution is 0.0735. The van der Waals surface area contributed by atoms with Crippen molar-refractivity contribution in [2.24, 2.45) is 0 Å². The molecule has 0 bridgehead atoms. The predicted octanol–water partition coefficient (Wildman–Crippen LogP) is 5.49. The largest absolute Gasteiger partial charge is 0.332 e. The van der Waals surface area contributed by atoms with Gasteiger partial charge in [-0.15, -0.1) is 0 Å². The highest BCUT2D eigenvalue weighted by molar-refractivity contribution is 6.33. The minimum atomic E-state index is -0.488. The Balaban J connectivity index is 1.90. The molecule has 3 aromatic carbocycles. The zero-order valence-corrected chi connectivity index (χ0v) is 19.2. The quantitative estimate of drug-likeness (QED) is 0.417. The van der Waals surface area contributed by atoms with Crippen molar-refractivity contribution >= 4 is 28.4 Å². The first-order valence-electron chi connectivity index (χ1n) is 10.4. The second kappa shape index (κ2) is 8.60. The van der Waals surface area contributed by atoms with Gasteiger partial charge in [-0.25, -0.2) is 4.98 Å².